The number of aromatic nitrogens is 1. The Morgan fingerprint density at radius 2 is 1.92 bits per heavy atom. The number of amides is 2. The lowest BCUT2D eigenvalue weighted by molar-refractivity contribution is -0.0105. The number of aliphatic hydroxyl groups excluding tert-OH is 1. The van der Waals surface area contributed by atoms with Crippen molar-refractivity contribution >= 4 is 23.4 Å². The van der Waals surface area contributed by atoms with E-state index in [-0.39, 0.29) is 53.3 Å². The molecule has 2 N–H and O–H groups in total. The summed E-state index contributed by atoms with van der Waals surface area (Å²) in [7, 11) is 1.66. The van der Waals surface area contributed by atoms with Crippen LogP contribution in [0.1, 0.15) is 44.8 Å². The largest absolute Gasteiger partial charge is 0.483 e. The van der Waals surface area contributed by atoms with Gasteiger partial charge in [0.15, 0.2) is 11.4 Å². The van der Waals surface area contributed by atoms with E-state index in [4.69, 9.17) is 16.3 Å². The number of aliphatic hydroxyl groups is 1. The van der Waals surface area contributed by atoms with Gasteiger partial charge in [-0.3, -0.25) is 14.4 Å². The van der Waals surface area contributed by atoms with Gasteiger partial charge in [0.25, 0.3) is 11.8 Å². The van der Waals surface area contributed by atoms with E-state index in [0.717, 1.165) is 5.56 Å². The van der Waals surface area contributed by atoms with Crippen molar-refractivity contribution in [3.05, 3.63) is 98.2 Å². The molecule has 0 unspecified atom stereocenters. The summed E-state index contributed by atoms with van der Waals surface area (Å²) in [5, 5.41) is 12.2. The zero-order valence-corrected chi connectivity index (χ0v) is 21.5. The Morgan fingerprint density at radius 1 is 1.18 bits per heavy atom. The smallest absolute Gasteiger partial charge is 0.274 e. The van der Waals surface area contributed by atoms with Gasteiger partial charge in [0.05, 0.1) is 10.6 Å². The molecule has 2 heterocycles. The van der Waals surface area contributed by atoms with Gasteiger partial charge in [-0.1, -0.05) is 54.1 Å². The van der Waals surface area contributed by atoms with Crippen molar-refractivity contribution < 1.29 is 23.8 Å². The van der Waals surface area contributed by atoms with Gasteiger partial charge < -0.3 is 24.6 Å². The van der Waals surface area contributed by atoms with Gasteiger partial charge in [0, 0.05) is 38.5 Å². The summed E-state index contributed by atoms with van der Waals surface area (Å²) in [5.74, 6) is -1.94. The van der Waals surface area contributed by atoms with Crippen LogP contribution in [0.25, 0.3) is 0 Å². The Balaban J connectivity index is 1.56. The number of hydrogen-bond donors (Lipinski definition) is 2. The van der Waals surface area contributed by atoms with Gasteiger partial charge in [-0.25, -0.2) is 4.39 Å². The number of nitrogens with one attached hydrogen (secondary N) is 1. The maximum Gasteiger partial charge on any atom is 0.274 e. The molecule has 1 fully saturated rings. The molecule has 5 rings (SSSR count). The maximum absolute atomic E-state index is 14.4. The molecule has 1 aliphatic carbocycles. The van der Waals surface area contributed by atoms with Crippen LogP contribution in [-0.4, -0.2) is 46.6 Å². The van der Waals surface area contributed by atoms with E-state index in [2.05, 4.69) is 5.32 Å². The van der Waals surface area contributed by atoms with Gasteiger partial charge in [0.2, 0.25) is 5.43 Å². The molecule has 8 nitrogen and oxygen atoms in total. The fourth-order valence-corrected chi connectivity index (χ4v) is 5.58. The summed E-state index contributed by atoms with van der Waals surface area (Å²) in [6.45, 7) is 0.202. The number of carbonyl (C=O) groups excluding carboxylic acids is 2. The van der Waals surface area contributed by atoms with Gasteiger partial charge in [0.1, 0.15) is 18.0 Å². The first kappa shape index (κ1) is 25.9. The molecule has 1 aromatic heterocycles. The number of fused-ring (bicyclic) bond motifs is 2. The molecule has 1 saturated carbocycles. The highest BCUT2D eigenvalue weighted by atomic mass is 35.5. The SMILES string of the molecule is CN1C[C@]2(C[C@H](CO)C2)n2cc(C(=O)NCc3cccc(Cl)c3F)c(=O)c(OCc3ccccc3)c2C1=O. The molecule has 2 aliphatic rings. The average molecular weight is 540 g/mol. The highest BCUT2D eigenvalue weighted by Crippen LogP contribution is 2.47. The topological polar surface area (TPSA) is 101 Å². The van der Waals surface area contributed by atoms with Crippen LogP contribution in [0.2, 0.25) is 5.02 Å². The summed E-state index contributed by atoms with van der Waals surface area (Å²) in [6, 6.07) is 13.6. The normalized spacial score (nSPS) is 20.2. The highest BCUT2D eigenvalue weighted by Gasteiger charge is 2.51. The number of pyridine rings is 1. The molecule has 3 aromatic rings. The fourth-order valence-electron chi connectivity index (χ4n) is 5.39. The van der Waals surface area contributed by atoms with Crippen LogP contribution in [0.3, 0.4) is 0 Å². The summed E-state index contributed by atoms with van der Waals surface area (Å²) in [6.07, 6.45) is 2.54. The number of hydrogen-bond acceptors (Lipinski definition) is 5. The van der Waals surface area contributed by atoms with E-state index < -0.39 is 28.6 Å². The summed E-state index contributed by atoms with van der Waals surface area (Å²) in [5.41, 5.74) is -0.502. The molecule has 2 aromatic carbocycles. The number of benzene rings is 2. The van der Waals surface area contributed by atoms with Crippen LogP contribution in [0.5, 0.6) is 5.75 Å². The first-order chi connectivity index (χ1) is 18.2. The number of rotatable bonds is 7. The Kier molecular flexibility index (Phi) is 6.98. The molecule has 0 radical (unpaired) electrons. The molecule has 0 bridgehead atoms. The van der Waals surface area contributed by atoms with Crippen LogP contribution in [0, 0.1) is 11.7 Å². The third kappa shape index (κ3) is 4.56. The van der Waals surface area contributed by atoms with Crippen molar-refractivity contribution in [2.75, 3.05) is 20.2 Å². The Morgan fingerprint density at radius 3 is 2.63 bits per heavy atom. The predicted octanol–water partition coefficient (Wildman–Crippen LogP) is 3.33. The lowest BCUT2D eigenvalue weighted by Gasteiger charge is -2.53. The van der Waals surface area contributed by atoms with E-state index >= 15 is 0 Å². The summed E-state index contributed by atoms with van der Waals surface area (Å²) < 4.78 is 22.0. The van der Waals surface area contributed by atoms with Crippen molar-refractivity contribution in [3.8, 4) is 5.75 Å². The molecule has 38 heavy (non-hydrogen) atoms. The minimum absolute atomic E-state index is 0.00481. The fraction of sp³-hybridized carbons (Fsp3) is 0.321. The molecule has 10 heteroatoms. The number of ether oxygens (including phenoxy) is 1. The summed E-state index contributed by atoms with van der Waals surface area (Å²) in [4.78, 5) is 41.7. The lowest BCUT2D eigenvalue weighted by atomic mass is 9.67. The Labute approximate surface area is 223 Å². The molecule has 198 valence electrons. The quantitative estimate of drug-likeness (QED) is 0.480. The third-order valence-corrected chi connectivity index (χ3v) is 7.59. The number of likely N-dealkylation sites (N-methyl/N-ethyl adjacent to an activating group) is 1. The second-order valence-electron chi connectivity index (χ2n) is 9.93. The van der Waals surface area contributed by atoms with E-state index in [1.165, 1.54) is 18.3 Å². The molecule has 0 saturated heterocycles. The van der Waals surface area contributed by atoms with Crippen molar-refractivity contribution in [2.45, 2.75) is 31.5 Å². The maximum atomic E-state index is 14.4. The van der Waals surface area contributed by atoms with Crippen molar-refractivity contribution in [2.24, 2.45) is 5.92 Å². The zero-order chi connectivity index (χ0) is 27.0. The van der Waals surface area contributed by atoms with Crippen molar-refractivity contribution in [3.63, 3.8) is 0 Å². The lowest BCUT2D eigenvalue weighted by Crippen LogP contribution is -2.60. The zero-order valence-electron chi connectivity index (χ0n) is 20.7. The predicted molar refractivity (Wildman–Crippen MR) is 139 cm³/mol. The van der Waals surface area contributed by atoms with E-state index in [9.17, 15) is 23.9 Å². The van der Waals surface area contributed by atoms with Crippen molar-refractivity contribution in [1.82, 2.24) is 14.8 Å². The second-order valence-corrected chi connectivity index (χ2v) is 10.3. The number of nitrogens with zero attached hydrogens (tertiary/aromatic N) is 2. The number of carbonyl (C=O) groups is 2. The minimum Gasteiger partial charge on any atom is -0.483 e. The first-order valence-corrected chi connectivity index (χ1v) is 12.7. The van der Waals surface area contributed by atoms with Crippen molar-refractivity contribution in [1.29, 1.82) is 0 Å². The first-order valence-electron chi connectivity index (χ1n) is 12.3. The van der Waals surface area contributed by atoms with Gasteiger partial charge in [-0.05, 0) is 30.4 Å². The van der Waals surface area contributed by atoms with Gasteiger partial charge >= 0.3 is 0 Å². The summed E-state index contributed by atoms with van der Waals surface area (Å²) >= 11 is 5.85. The van der Waals surface area contributed by atoms with E-state index in [1.54, 1.807) is 22.6 Å². The molecule has 1 spiro atoms. The average Bonchev–Trinajstić information content (AvgIpc) is 2.89. The van der Waals surface area contributed by atoms with Gasteiger partial charge in [-0.15, -0.1) is 0 Å². The molecule has 2 amide bonds. The second kappa shape index (κ2) is 10.2. The number of halogens is 2. The van der Waals surface area contributed by atoms with Crippen LogP contribution in [-0.2, 0) is 18.7 Å². The van der Waals surface area contributed by atoms with Crippen LogP contribution < -0.4 is 15.5 Å². The molecule has 1 aliphatic heterocycles. The van der Waals surface area contributed by atoms with E-state index in [0.29, 0.717) is 19.4 Å². The molecule has 0 atom stereocenters. The standard InChI is InChI=1S/C28H27ClFN3O5/c1-32-16-28(10-18(11-28)14-34)33-13-20(26(36)31-12-19-8-5-9-21(29)22(19)30)24(35)25(23(33)27(32)37)38-15-17-6-3-2-4-7-17/h2-9,13,18,34H,10-12,14-16H2,1H3,(H,31,36)/t18-,28+. The molecular formula is C28H27ClFN3O5. The monoisotopic (exact) mass is 539 g/mol. The van der Waals surface area contributed by atoms with E-state index in [1.807, 2.05) is 30.3 Å². The Bertz CT molecular complexity index is 1450. The van der Waals surface area contributed by atoms with Crippen LogP contribution in [0.4, 0.5) is 4.39 Å². The Hall–Kier alpha value is -3.69. The van der Waals surface area contributed by atoms with Crippen LogP contribution in [0.15, 0.2) is 59.5 Å². The van der Waals surface area contributed by atoms with Gasteiger partial charge in [-0.2, -0.15) is 0 Å². The van der Waals surface area contributed by atoms with Crippen LogP contribution >= 0.6 is 11.6 Å². The highest BCUT2D eigenvalue weighted by molar-refractivity contribution is 6.30. The third-order valence-electron chi connectivity index (χ3n) is 7.29. The minimum atomic E-state index is -0.729. The molecular weight excluding hydrogens is 513 g/mol.